The van der Waals surface area contributed by atoms with Crippen molar-refractivity contribution in [3.8, 4) is 0 Å². The highest BCUT2D eigenvalue weighted by atomic mass is 16.7. The van der Waals surface area contributed by atoms with E-state index in [9.17, 15) is 0 Å². The Morgan fingerprint density at radius 3 is 2.30 bits per heavy atom. The maximum absolute atomic E-state index is 6.19. The summed E-state index contributed by atoms with van der Waals surface area (Å²) in [6, 6.07) is 2.15. The molecule has 0 bridgehead atoms. The molecule has 2 aliphatic rings. The standard InChI is InChI=1S/C16H24BNO2/c1-15(2)16(3,4)20-17(19-15)14-11-18-10-9-13(14)12-7-5-6-8-12/h9-12H,5-8H2,1-4H3. The van der Waals surface area contributed by atoms with E-state index >= 15 is 0 Å². The van der Waals surface area contributed by atoms with Gasteiger partial charge in [0.25, 0.3) is 0 Å². The van der Waals surface area contributed by atoms with E-state index in [1.54, 1.807) is 0 Å². The van der Waals surface area contributed by atoms with E-state index in [1.165, 1.54) is 31.2 Å². The fraction of sp³-hybridized carbons (Fsp3) is 0.688. The molecule has 3 rings (SSSR count). The Kier molecular flexibility index (Phi) is 3.42. The van der Waals surface area contributed by atoms with Gasteiger partial charge in [0.2, 0.25) is 0 Å². The maximum atomic E-state index is 6.19. The van der Waals surface area contributed by atoms with Crippen molar-refractivity contribution in [1.29, 1.82) is 0 Å². The molecule has 0 radical (unpaired) electrons. The van der Waals surface area contributed by atoms with Gasteiger partial charge in [-0.15, -0.1) is 0 Å². The second-order valence-corrected chi connectivity index (χ2v) is 7.07. The van der Waals surface area contributed by atoms with Crippen molar-refractivity contribution < 1.29 is 9.31 Å². The molecule has 0 atom stereocenters. The van der Waals surface area contributed by atoms with Gasteiger partial charge in [-0.1, -0.05) is 12.8 Å². The lowest BCUT2D eigenvalue weighted by Crippen LogP contribution is -2.41. The first-order valence-electron chi connectivity index (χ1n) is 7.70. The fourth-order valence-electron chi connectivity index (χ4n) is 3.19. The van der Waals surface area contributed by atoms with Crippen molar-refractivity contribution in [3.63, 3.8) is 0 Å². The molecule has 0 aromatic carbocycles. The molecular weight excluding hydrogens is 249 g/mol. The van der Waals surface area contributed by atoms with Crippen LogP contribution in [-0.2, 0) is 9.31 Å². The van der Waals surface area contributed by atoms with Crippen LogP contribution >= 0.6 is 0 Å². The third-order valence-corrected chi connectivity index (χ3v) is 5.19. The topological polar surface area (TPSA) is 31.4 Å². The molecule has 2 fully saturated rings. The van der Waals surface area contributed by atoms with Crippen molar-refractivity contribution in [3.05, 3.63) is 24.0 Å². The molecule has 108 valence electrons. The Morgan fingerprint density at radius 2 is 1.70 bits per heavy atom. The average molecular weight is 273 g/mol. The number of pyridine rings is 1. The van der Waals surface area contributed by atoms with Gasteiger partial charge in [0.15, 0.2) is 0 Å². The Balaban J connectivity index is 1.92. The third kappa shape index (κ3) is 2.29. The SMILES string of the molecule is CC1(C)OB(c2cnccc2C2CCCC2)OC1(C)C. The largest absolute Gasteiger partial charge is 0.496 e. The van der Waals surface area contributed by atoms with Crippen LogP contribution in [0, 0.1) is 0 Å². The first-order chi connectivity index (χ1) is 9.41. The second-order valence-electron chi connectivity index (χ2n) is 7.07. The minimum atomic E-state index is -0.291. The first kappa shape index (κ1) is 14.1. The van der Waals surface area contributed by atoms with Gasteiger partial charge >= 0.3 is 7.12 Å². The summed E-state index contributed by atoms with van der Waals surface area (Å²) in [5.74, 6) is 0.645. The quantitative estimate of drug-likeness (QED) is 0.776. The molecule has 20 heavy (non-hydrogen) atoms. The normalized spacial score (nSPS) is 25.3. The lowest BCUT2D eigenvalue weighted by Gasteiger charge is -2.32. The monoisotopic (exact) mass is 273 g/mol. The van der Waals surface area contributed by atoms with E-state index in [2.05, 4.69) is 38.7 Å². The molecule has 1 aliphatic carbocycles. The first-order valence-corrected chi connectivity index (χ1v) is 7.70. The highest BCUT2D eigenvalue weighted by Crippen LogP contribution is 2.38. The van der Waals surface area contributed by atoms with Crippen LogP contribution in [0.1, 0.15) is 64.9 Å². The maximum Gasteiger partial charge on any atom is 0.496 e. The molecule has 1 aromatic rings. The van der Waals surface area contributed by atoms with Gasteiger partial charge in [-0.3, -0.25) is 4.98 Å². The Labute approximate surface area is 122 Å². The highest BCUT2D eigenvalue weighted by Gasteiger charge is 2.52. The van der Waals surface area contributed by atoms with Gasteiger partial charge in [-0.25, -0.2) is 0 Å². The van der Waals surface area contributed by atoms with Gasteiger partial charge in [-0.2, -0.15) is 0 Å². The molecule has 4 heteroatoms. The molecule has 1 saturated carbocycles. The molecule has 0 amide bonds. The summed E-state index contributed by atoms with van der Waals surface area (Å²) in [7, 11) is -0.288. The van der Waals surface area contributed by atoms with Gasteiger partial charge in [0.05, 0.1) is 11.2 Å². The van der Waals surface area contributed by atoms with Crippen molar-refractivity contribution in [2.45, 2.75) is 70.5 Å². The lowest BCUT2D eigenvalue weighted by atomic mass is 9.74. The van der Waals surface area contributed by atoms with Crippen LogP contribution in [0.2, 0.25) is 0 Å². The summed E-state index contributed by atoms with van der Waals surface area (Å²) in [5, 5.41) is 0. The molecule has 1 aliphatic heterocycles. The summed E-state index contributed by atoms with van der Waals surface area (Å²) < 4.78 is 12.4. The van der Waals surface area contributed by atoms with Crippen molar-refractivity contribution in [1.82, 2.24) is 4.98 Å². The molecular formula is C16H24BNO2. The van der Waals surface area contributed by atoms with E-state index in [-0.39, 0.29) is 18.3 Å². The molecule has 0 N–H and O–H groups in total. The van der Waals surface area contributed by atoms with Crippen LogP contribution < -0.4 is 5.46 Å². The number of aromatic nitrogens is 1. The highest BCUT2D eigenvalue weighted by molar-refractivity contribution is 6.62. The molecule has 3 nitrogen and oxygen atoms in total. The predicted octanol–water partition coefficient (Wildman–Crippen LogP) is 3.04. The predicted molar refractivity (Wildman–Crippen MR) is 81.2 cm³/mol. The van der Waals surface area contributed by atoms with Crippen LogP contribution in [0.4, 0.5) is 0 Å². The zero-order chi connectivity index (χ0) is 14.4. The second kappa shape index (κ2) is 4.85. The van der Waals surface area contributed by atoms with Gasteiger partial charge < -0.3 is 9.31 Å². The van der Waals surface area contributed by atoms with E-state index in [4.69, 9.17) is 9.31 Å². The Bertz CT molecular complexity index is 479. The molecule has 1 saturated heterocycles. The van der Waals surface area contributed by atoms with Gasteiger partial charge in [0.1, 0.15) is 0 Å². The molecule has 2 heterocycles. The molecule has 0 spiro atoms. The fourth-order valence-corrected chi connectivity index (χ4v) is 3.19. The van der Waals surface area contributed by atoms with Crippen molar-refractivity contribution >= 4 is 12.6 Å². The molecule has 1 aromatic heterocycles. The van der Waals surface area contributed by atoms with E-state index < -0.39 is 0 Å². The van der Waals surface area contributed by atoms with Gasteiger partial charge in [0, 0.05) is 17.9 Å². The van der Waals surface area contributed by atoms with E-state index in [1.807, 2.05) is 12.4 Å². The average Bonchev–Trinajstić information content (AvgIpc) is 2.97. The lowest BCUT2D eigenvalue weighted by molar-refractivity contribution is 0.00578. The number of rotatable bonds is 2. The number of hydrogen-bond donors (Lipinski definition) is 0. The number of nitrogens with zero attached hydrogens (tertiary/aromatic N) is 1. The van der Waals surface area contributed by atoms with E-state index in [0.29, 0.717) is 5.92 Å². The molecule has 0 unspecified atom stereocenters. The Hall–Kier alpha value is -0.865. The zero-order valence-electron chi connectivity index (χ0n) is 13.0. The van der Waals surface area contributed by atoms with Crippen LogP contribution in [0.3, 0.4) is 0 Å². The van der Waals surface area contributed by atoms with Crippen LogP contribution in [0.25, 0.3) is 0 Å². The van der Waals surface area contributed by atoms with Crippen molar-refractivity contribution in [2.75, 3.05) is 0 Å². The van der Waals surface area contributed by atoms with E-state index in [0.717, 1.165) is 5.46 Å². The summed E-state index contributed by atoms with van der Waals surface area (Å²) in [4.78, 5) is 4.30. The Morgan fingerprint density at radius 1 is 1.10 bits per heavy atom. The van der Waals surface area contributed by atoms with Crippen LogP contribution in [-0.4, -0.2) is 23.3 Å². The summed E-state index contributed by atoms with van der Waals surface area (Å²) in [5.41, 5.74) is 1.91. The minimum absolute atomic E-state index is 0.288. The summed E-state index contributed by atoms with van der Waals surface area (Å²) in [6.45, 7) is 8.38. The van der Waals surface area contributed by atoms with Crippen LogP contribution in [0.5, 0.6) is 0 Å². The number of hydrogen-bond acceptors (Lipinski definition) is 3. The zero-order valence-corrected chi connectivity index (χ0v) is 13.0. The van der Waals surface area contributed by atoms with Crippen LogP contribution in [0.15, 0.2) is 18.5 Å². The summed E-state index contributed by atoms with van der Waals surface area (Å²) in [6.07, 6.45) is 9.02. The minimum Gasteiger partial charge on any atom is -0.399 e. The third-order valence-electron chi connectivity index (χ3n) is 5.19. The van der Waals surface area contributed by atoms with Gasteiger partial charge in [-0.05, 0) is 58.1 Å². The van der Waals surface area contributed by atoms with Crippen molar-refractivity contribution in [2.24, 2.45) is 0 Å². The smallest absolute Gasteiger partial charge is 0.399 e. The summed E-state index contributed by atoms with van der Waals surface area (Å²) >= 11 is 0.